The zero-order chi connectivity index (χ0) is 14.0. The molecule has 2 nitrogen and oxygen atoms in total. The highest BCUT2D eigenvalue weighted by Gasteiger charge is 2.11. The molecule has 102 valence electrons. The second kappa shape index (κ2) is 5.53. The average molecular weight is 264 g/mol. The molecular weight excluding hydrogens is 246 g/mol. The first-order chi connectivity index (χ1) is 9.02. The highest BCUT2D eigenvalue weighted by molar-refractivity contribution is 5.83. The van der Waals surface area contributed by atoms with Crippen LogP contribution in [0.2, 0.25) is 0 Å². The van der Waals surface area contributed by atoms with E-state index in [0.29, 0.717) is 10.9 Å². The Labute approximate surface area is 111 Å². The molecule has 0 saturated carbocycles. The van der Waals surface area contributed by atoms with Gasteiger partial charge in [-0.2, -0.15) is 0 Å². The highest BCUT2D eigenvalue weighted by atomic mass is 19.1. The van der Waals surface area contributed by atoms with Crippen molar-refractivity contribution in [3.8, 4) is 0 Å². The number of hydrogen-bond donors (Lipinski definition) is 1. The van der Waals surface area contributed by atoms with Crippen LogP contribution in [0.15, 0.2) is 31.0 Å². The Balaban J connectivity index is 2.20. The summed E-state index contributed by atoms with van der Waals surface area (Å²) in [6.45, 7) is 6.61. The summed E-state index contributed by atoms with van der Waals surface area (Å²) in [5, 5.41) is 0.622. The molecule has 1 aromatic carbocycles. The number of benzene rings is 1. The summed E-state index contributed by atoms with van der Waals surface area (Å²) in [4.78, 5) is 5.01. The van der Waals surface area contributed by atoms with Crippen molar-refractivity contribution in [3.63, 3.8) is 0 Å². The second-order valence-corrected chi connectivity index (χ2v) is 4.83. The van der Waals surface area contributed by atoms with Crippen LogP contribution in [-0.4, -0.2) is 29.5 Å². The number of likely N-dealkylation sites (N-methyl/N-ethyl adjacent to an activating group) is 1. The summed E-state index contributed by atoms with van der Waals surface area (Å²) in [7, 11) is 2.00. The normalized spacial score (nSPS) is 13.1. The summed E-state index contributed by atoms with van der Waals surface area (Å²) in [6, 6.07) is 2.55. The molecule has 0 spiro atoms. The van der Waals surface area contributed by atoms with Crippen molar-refractivity contribution in [1.29, 1.82) is 0 Å². The lowest BCUT2D eigenvalue weighted by Gasteiger charge is -2.21. The van der Waals surface area contributed by atoms with Gasteiger partial charge in [-0.15, -0.1) is 6.58 Å². The fraction of sp³-hybridized carbons (Fsp3) is 0.333. The molecule has 0 amide bonds. The summed E-state index contributed by atoms with van der Waals surface area (Å²) in [5.74, 6) is -1.09. The lowest BCUT2D eigenvalue weighted by Crippen LogP contribution is -2.29. The Kier molecular flexibility index (Phi) is 4.00. The van der Waals surface area contributed by atoms with Crippen LogP contribution in [0.3, 0.4) is 0 Å². The van der Waals surface area contributed by atoms with Crippen molar-refractivity contribution < 1.29 is 8.78 Å². The van der Waals surface area contributed by atoms with Crippen LogP contribution in [0.25, 0.3) is 10.9 Å². The van der Waals surface area contributed by atoms with Gasteiger partial charge >= 0.3 is 0 Å². The van der Waals surface area contributed by atoms with Gasteiger partial charge in [0.2, 0.25) is 0 Å². The van der Waals surface area contributed by atoms with Crippen LogP contribution >= 0.6 is 0 Å². The van der Waals surface area contributed by atoms with Gasteiger partial charge in [0.25, 0.3) is 0 Å². The van der Waals surface area contributed by atoms with E-state index >= 15 is 0 Å². The number of halogens is 2. The molecule has 1 aromatic heterocycles. The lowest BCUT2D eigenvalue weighted by molar-refractivity contribution is 0.301. The van der Waals surface area contributed by atoms with Gasteiger partial charge in [-0.3, -0.25) is 4.90 Å². The first kappa shape index (κ1) is 13.7. The molecule has 2 aromatic rings. The van der Waals surface area contributed by atoms with E-state index < -0.39 is 11.6 Å². The summed E-state index contributed by atoms with van der Waals surface area (Å²) in [5.41, 5.74) is 1.30. The fourth-order valence-corrected chi connectivity index (χ4v) is 2.10. The van der Waals surface area contributed by atoms with E-state index in [4.69, 9.17) is 0 Å². The molecule has 0 bridgehead atoms. The summed E-state index contributed by atoms with van der Waals surface area (Å²) in [6.07, 6.45) is 4.35. The number of nitrogens with one attached hydrogen (secondary N) is 1. The molecular formula is C15H18F2N2. The summed E-state index contributed by atoms with van der Waals surface area (Å²) < 4.78 is 26.8. The molecule has 0 aliphatic heterocycles. The molecule has 0 aliphatic rings. The van der Waals surface area contributed by atoms with Gasteiger partial charge in [-0.05, 0) is 32.0 Å². The zero-order valence-corrected chi connectivity index (χ0v) is 11.2. The number of aromatic nitrogens is 1. The minimum absolute atomic E-state index is 0.277. The van der Waals surface area contributed by atoms with Crippen LogP contribution in [0, 0.1) is 11.6 Å². The monoisotopic (exact) mass is 264 g/mol. The maximum Gasteiger partial charge on any atom is 0.150 e. The molecule has 0 saturated heterocycles. The van der Waals surface area contributed by atoms with Crippen molar-refractivity contribution >= 4 is 10.9 Å². The Morgan fingerprint density at radius 2 is 2.16 bits per heavy atom. The third-order valence-electron chi connectivity index (χ3n) is 3.56. The van der Waals surface area contributed by atoms with E-state index in [1.807, 2.05) is 13.1 Å². The van der Waals surface area contributed by atoms with Crippen molar-refractivity contribution in [2.45, 2.75) is 19.4 Å². The smallest absolute Gasteiger partial charge is 0.150 e. The molecule has 0 aliphatic carbocycles. The largest absolute Gasteiger partial charge is 0.359 e. The van der Waals surface area contributed by atoms with E-state index in [9.17, 15) is 8.78 Å². The number of rotatable bonds is 5. The second-order valence-electron chi connectivity index (χ2n) is 4.83. The van der Waals surface area contributed by atoms with Crippen LogP contribution in [0.1, 0.15) is 12.5 Å². The van der Waals surface area contributed by atoms with Crippen molar-refractivity contribution in [2.75, 3.05) is 13.6 Å². The van der Waals surface area contributed by atoms with E-state index in [1.54, 1.807) is 6.20 Å². The van der Waals surface area contributed by atoms with Gasteiger partial charge in [-0.25, -0.2) is 8.78 Å². The highest BCUT2D eigenvalue weighted by Crippen LogP contribution is 2.23. The number of hydrogen-bond acceptors (Lipinski definition) is 1. The van der Waals surface area contributed by atoms with E-state index in [-0.39, 0.29) is 6.04 Å². The van der Waals surface area contributed by atoms with Gasteiger partial charge < -0.3 is 4.98 Å². The zero-order valence-electron chi connectivity index (χ0n) is 11.2. The minimum Gasteiger partial charge on any atom is -0.359 e. The summed E-state index contributed by atoms with van der Waals surface area (Å²) >= 11 is 0. The first-order valence-corrected chi connectivity index (χ1v) is 6.30. The standard InChI is InChI=1S/C15H18F2N2/c1-4-10(2)19(3)6-5-11-9-18-15-13(11)7-12(16)8-14(15)17/h4,7-10,18H,1,5-6H2,2-3H3. The number of aromatic amines is 1. The molecule has 1 unspecified atom stereocenters. The molecule has 0 radical (unpaired) electrons. The van der Waals surface area contributed by atoms with Gasteiger partial charge in [0, 0.05) is 30.2 Å². The number of H-pyrrole nitrogens is 1. The molecule has 1 atom stereocenters. The van der Waals surface area contributed by atoms with Gasteiger partial charge in [0.1, 0.15) is 11.6 Å². The van der Waals surface area contributed by atoms with Gasteiger partial charge in [0.05, 0.1) is 5.52 Å². The molecule has 0 fully saturated rings. The third-order valence-corrected chi connectivity index (χ3v) is 3.56. The molecule has 19 heavy (non-hydrogen) atoms. The maximum atomic E-state index is 13.5. The Morgan fingerprint density at radius 1 is 1.42 bits per heavy atom. The van der Waals surface area contributed by atoms with E-state index in [1.165, 1.54) is 6.07 Å². The van der Waals surface area contributed by atoms with E-state index in [0.717, 1.165) is 24.6 Å². The number of nitrogens with zero attached hydrogens (tertiary/aromatic N) is 1. The van der Waals surface area contributed by atoms with Gasteiger partial charge in [0.15, 0.2) is 0 Å². The van der Waals surface area contributed by atoms with Crippen molar-refractivity contribution in [2.24, 2.45) is 0 Å². The predicted octanol–water partition coefficient (Wildman–Crippen LogP) is 3.49. The third kappa shape index (κ3) is 2.84. The van der Waals surface area contributed by atoms with Crippen LogP contribution < -0.4 is 0 Å². The SMILES string of the molecule is C=CC(C)N(C)CCc1c[nH]c2c(F)cc(F)cc12. The van der Waals surface area contributed by atoms with Crippen LogP contribution in [0.4, 0.5) is 8.78 Å². The van der Waals surface area contributed by atoms with Crippen molar-refractivity contribution in [3.05, 3.63) is 48.2 Å². The first-order valence-electron chi connectivity index (χ1n) is 6.30. The Bertz CT molecular complexity index is 589. The maximum absolute atomic E-state index is 13.5. The van der Waals surface area contributed by atoms with Gasteiger partial charge in [-0.1, -0.05) is 6.08 Å². The molecule has 2 rings (SSSR count). The predicted molar refractivity (Wildman–Crippen MR) is 74.2 cm³/mol. The Hall–Kier alpha value is -1.68. The average Bonchev–Trinajstić information content (AvgIpc) is 2.78. The topological polar surface area (TPSA) is 19.0 Å². The van der Waals surface area contributed by atoms with Crippen LogP contribution in [0.5, 0.6) is 0 Å². The number of fused-ring (bicyclic) bond motifs is 1. The fourth-order valence-electron chi connectivity index (χ4n) is 2.10. The lowest BCUT2D eigenvalue weighted by atomic mass is 10.1. The van der Waals surface area contributed by atoms with Crippen LogP contribution in [-0.2, 0) is 6.42 Å². The molecule has 1 N–H and O–H groups in total. The molecule has 4 heteroatoms. The molecule has 1 heterocycles. The van der Waals surface area contributed by atoms with Crippen molar-refractivity contribution in [1.82, 2.24) is 9.88 Å². The Morgan fingerprint density at radius 3 is 2.84 bits per heavy atom. The van der Waals surface area contributed by atoms with E-state index in [2.05, 4.69) is 23.4 Å². The quantitative estimate of drug-likeness (QED) is 0.819. The minimum atomic E-state index is -0.547.